The van der Waals surface area contributed by atoms with Gasteiger partial charge in [0.25, 0.3) is 0 Å². The lowest BCUT2D eigenvalue weighted by molar-refractivity contribution is 0.0469. The Morgan fingerprint density at radius 1 is 1.00 bits per heavy atom. The van der Waals surface area contributed by atoms with Crippen molar-refractivity contribution in [3.8, 4) is 27.8 Å². The van der Waals surface area contributed by atoms with Gasteiger partial charge in [0.15, 0.2) is 0 Å². The first-order valence-electron chi connectivity index (χ1n) is 9.43. The monoisotopic (exact) mass is 410 g/mol. The van der Waals surface area contributed by atoms with Gasteiger partial charge in [-0.1, -0.05) is 66.2 Å². The standard InChI is InChI=1S/C25H18N2O2S/c1-17-10-12-18(13-11-17)24-27-20(16-30-24)15-29-25(28)23-9-5-4-8-22(23)21-7-3-2-6-19(21)14-26/h2-13,16H,15H2,1H3. The minimum Gasteiger partial charge on any atom is -0.456 e. The van der Waals surface area contributed by atoms with Gasteiger partial charge in [-0.3, -0.25) is 0 Å². The molecule has 0 spiro atoms. The van der Waals surface area contributed by atoms with E-state index in [1.54, 1.807) is 24.3 Å². The van der Waals surface area contributed by atoms with Crippen LogP contribution in [0.4, 0.5) is 0 Å². The van der Waals surface area contributed by atoms with Crippen molar-refractivity contribution in [2.45, 2.75) is 13.5 Å². The van der Waals surface area contributed by atoms with Gasteiger partial charge in [-0.25, -0.2) is 9.78 Å². The number of carbonyl (C=O) groups excluding carboxylic acids is 1. The van der Waals surface area contributed by atoms with Crippen molar-refractivity contribution in [1.29, 1.82) is 5.26 Å². The van der Waals surface area contributed by atoms with Crippen molar-refractivity contribution < 1.29 is 9.53 Å². The summed E-state index contributed by atoms with van der Waals surface area (Å²) in [6, 6.07) is 24.7. The molecule has 0 saturated carbocycles. The van der Waals surface area contributed by atoms with Crippen LogP contribution in [0.25, 0.3) is 21.7 Å². The number of aryl methyl sites for hydroxylation is 1. The van der Waals surface area contributed by atoms with Gasteiger partial charge in [0.2, 0.25) is 0 Å². The van der Waals surface area contributed by atoms with Crippen LogP contribution in [0.2, 0.25) is 0 Å². The summed E-state index contributed by atoms with van der Waals surface area (Å²) in [6.07, 6.45) is 0. The summed E-state index contributed by atoms with van der Waals surface area (Å²) in [5.41, 5.74) is 5.27. The van der Waals surface area contributed by atoms with Gasteiger partial charge in [0, 0.05) is 16.5 Å². The molecule has 0 aliphatic carbocycles. The van der Waals surface area contributed by atoms with Crippen LogP contribution < -0.4 is 0 Å². The van der Waals surface area contributed by atoms with Crippen molar-refractivity contribution in [3.63, 3.8) is 0 Å². The van der Waals surface area contributed by atoms with Crippen LogP contribution >= 0.6 is 11.3 Å². The van der Waals surface area contributed by atoms with E-state index >= 15 is 0 Å². The van der Waals surface area contributed by atoms with Crippen molar-refractivity contribution in [1.82, 2.24) is 4.98 Å². The van der Waals surface area contributed by atoms with Crippen LogP contribution in [0.1, 0.15) is 27.2 Å². The Morgan fingerprint density at radius 2 is 1.70 bits per heavy atom. The van der Waals surface area contributed by atoms with Crippen molar-refractivity contribution >= 4 is 17.3 Å². The van der Waals surface area contributed by atoms with Crippen LogP contribution in [-0.4, -0.2) is 11.0 Å². The molecule has 4 aromatic rings. The first-order chi connectivity index (χ1) is 14.7. The van der Waals surface area contributed by atoms with Crippen LogP contribution in [0.5, 0.6) is 0 Å². The second-order valence-corrected chi connectivity index (χ2v) is 7.65. The van der Waals surface area contributed by atoms with Crippen LogP contribution in [0.3, 0.4) is 0 Å². The molecule has 0 bridgehead atoms. The fraction of sp³-hybridized carbons (Fsp3) is 0.0800. The Hall–Kier alpha value is -3.75. The van der Waals surface area contributed by atoms with E-state index in [1.807, 2.05) is 60.8 Å². The number of thiazole rings is 1. The number of hydrogen-bond donors (Lipinski definition) is 0. The zero-order valence-corrected chi connectivity index (χ0v) is 17.1. The highest BCUT2D eigenvalue weighted by molar-refractivity contribution is 7.13. The highest BCUT2D eigenvalue weighted by Gasteiger charge is 2.16. The molecule has 4 rings (SSSR count). The molecular formula is C25H18N2O2S. The smallest absolute Gasteiger partial charge is 0.339 e. The lowest BCUT2D eigenvalue weighted by Crippen LogP contribution is -2.07. The largest absolute Gasteiger partial charge is 0.456 e. The molecule has 1 aromatic heterocycles. The Morgan fingerprint density at radius 3 is 2.47 bits per heavy atom. The summed E-state index contributed by atoms with van der Waals surface area (Å²) in [5.74, 6) is -0.441. The maximum absolute atomic E-state index is 12.8. The molecule has 0 radical (unpaired) electrons. The maximum atomic E-state index is 12.8. The van der Waals surface area contributed by atoms with Gasteiger partial charge < -0.3 is 4.74 Å². The molecule has 0 unspecified atom stereocenters. The zero-order chi connectivity index (χ0) is 20.9. The van der Waals surface area contributed by atoms with Gasteiger partial charge in [-0.15, -0.1) is 11.3 Å². The average Bonchev–Trinajstić information content (AvgIpc) is 3.27. The van der Waals surface area contributed by atoms with E-state index in [9.17, 15) is 10.1 Å². The number of nitrogens with zero attached hydrogens (tertiary/aromatic N) is 2. The van der Waals surface area contributed by atoms with Gasteiger partial charge in [0.1, 0.15) is 11.6 Å². The third-order valence-corrected chi connectivity index (χ3v) is 5.63. The van der Waals surface area contributed by atoms with E-state index in [0.717, 1.165) is 10.6 Å². The summed E-state index contributed by atoms with van der Waals surface area (Å²) in [4.78, 5) is 17.4. The fourth-order valence-corrected chi connectivity index (χ4v) is 3.94. The number of nitriles is 1. The number of aromatic nitrogens is 1. The highest BCUT2D eigenvalue weighted by Crippen LogP contribution is 2.28. The third kappa shape index (κ3) is 4.14. The van der Waals surface area contributed by atoms with Gasteiger partial charge in [-0.05, 0) is 24.6 Å². The summed E-state index contributed by atoms with van der Waals surface area (Å²) >= 11 is 1.52. The SMILES string of the molecule is Cc1ccc(-c2nc(COC(=O)c3ccccc3-c3ccccc3C#N)cs2)cc1. The lowest BCUT2D eigenvalue weighted by atomic mass is 9.96. The first-order valence-corrected chi connectivity index (χ1v) is 10.3. The Balaban J connectivity index is 1.52. The zero-order valence-electron chi connectivity index (χ0n) is 16.3. The molecule has 0 atom stereocenters. The van der Waals surface area contributed by atoms with Crippen LogP contribution in [0.15, 0.2) is 78.2 Å². The predicted molar refractivity (Wildman–Crippen MR) is 118 cm³/mol. The second-order valence-electron chi connectivity index (χ2n) is 6.79. The quantitative estimate of drug-likeness (QED) is 0.378. The molecule has 0 saturated heterocycles. The van der Waals surface area contributed by atoms with E-state index in [4.69, 9.17) is 4.74 Å². The molecule has 146 valence electrons. The Labute approximate surface area is 179 Å². The van der Waals surface area contributed by atoms with Crippen molar-refractivity contribution in [2.24, 2.45) is 0 Å². The van der Waals surface area contributed by atoms with Gasteiger partial charge in [0.05, 0.1) is 22.9 Å². The van der Waals surface area contributed by atoms with E-state index in [1.165, 1.54) is 16.9 Å². The molecule has 5 heteroatoms. The molecule has 0 fully saturated rings. The molecular weight excluding hydrogens is 392 g/mol. The topological polar surface area (TPSA) is 63.0 Å². The van der Waals surface area contributed by atoms with Crippen LogP contribution in [-0.2, 0) is 11.3 Å². The van der Waals surface area contributed by atoms with Gasteiger partial charge in [-0.2, -0.15) is 5.26 Å². The molecule has 30 heavy (non-hydrogen) atoms. The van der Waals surface area contributed by atoms with E-state index in [0.29, 0.717) is 27.9 Å². The normalized spacial score (nSPS) is 10.4. The summed E-state index contributed by atoms with van der Waals surface area (Å²) in [7, 11) is 0. The lowest BCUT2D eigenvalue weighted by Gasteiger charge is -2.10. The fourth-order valence-electron chi connectivity index (χ4n) is 3.13. The minimum atomic E-state index is -0.441. The number of carbonyl (C=O) groups is 1. The minimum absolute atomic E-state index is 0.0927. The van der Waals surface area contributed by atoms with Gasteiger partial charge >= 0.3 is 5.97 Å². The summed E-state index contributed by atoms with van der Waals surface area (Å²) in [6.45, 7) is 2.14. The first kappa shape index (κ1) is 19.6. The van der Waals surface area contributed by atoms with Crippen molar-refractivity contribution in [2.75, 3.05) is 0 Å². The Kier molecular flexibility index (Phi) is 5.69. The second kappa shape index (κ2) is 8.73. The number of esters is 1. The van der Waals surface area contributed by atoms with Crippen LogP contribution in [0, 0.1) is 18.3 Å². The van der Waals surface area contributed by atoms with E-state index < -0.39 is 5.97 Å². The number of benzene rings is 3. The summed E-state index contributed by atoms with van der Waals surface area (Å²) in [5, 5.41) is 12.2. The van der Waals surface area contributed by atoms with E-state index in [2.05, 4.69) is 11.1 Å². The summed E-state index contributed by atoms with van der Waals surface area (Å²) < 4.78 is 5.54. The third-order valence-electron chi connectivity index (χ3n) is 4.69. The molecule has 0 amide bonds. The maximum Gasteiger partial charge on any atom is 0.339 e. The molecule has 1 heterocycles. The van der Waals surface area contributed by atoms with Crippen molar-refractivity contribution in [3.05, 3.63) is 101 Å². The average molecular weight is 410 g/mol. The molecule has 4 nitrogen and oxygen atoms in total. The predicted octanol–water partition coefficient (Wildman–Crippen LogP) is 6.01. The number of hydrogen-bond acceptors (Lipinski definition) is 5. The highest BCUT2D eigenvalue weighted by atomic mass is 32.1. The molecule has 3 aromatic carbocycles. The molecule has 0 aliphatic heterocycles. The number of rotatable bonds is 5. The molecule has 0 N–H and O–H groups in total. The number of ether oxygens (including phenoxy) is 1. The molecule has 0 aliphatic rings. The van der Waals surface area contributed by atoms with E-state index in [-0.39, 0.29) is 6.61 Å². The Bertz CT molecular complexity index is 1240.